The standard InChI is InChI=1S/C34H48ClN7O2/c1-34(2,3)44-33(43)42-18-11-25(12-19-42)22-40-14-8-24(9-15-40)10-16-41-17-13-26(23-41)38-32-37-21-29(35)31(39-32)28-20-36-30-7-5-4-6-27(28)30/h4-7,20-21,24-26,36H,8-19,22-23H2,1-3H3,(H,37,38,39). The van der Waals surface area contributed by atoms with Crippen molar-refractivity contribution >= 4 is 34.5 Å². The number of nitrogens with one attached hydrogen (secondary N) is 2. The van der Waals surface area contributed by atoms with Crippen molar-refractivity contribution in [2.24, 2.45) is 11.8 Å². The van der Waals surface area contributed by atoms with Crippen molar-refractivity contribution < 1.29 is 9.53 Å². The molecule has 1 aromatic carbocycles. The first-order valence-corrected chi connectivity index (χ1v) is 16.9. The lowest BCUT2D eigenvalue weighted by Crippen LogP contribution is -2.45. The van der Waals surface area contributed by atoms with Crippen molar-refractivity contribution in [3.8, 4) is 11.3 Å². The SMILES string of the molecule is CC(C)(C)OC(=O)N1CCC(CN2CCC(CCN3CCC(Nc4ncc(Cl)c(-c5c[nH]c6ccccc56)n4)C3)CC2)CC1. The summed E-state index contributed by atoms with van der Waals surface area (Å²) in [6.45, 7) is 14.3. The average molecular weight is 622 g/mol. The highest BCUT2D eigenvalue weighted by molar-refractivity contribution is 6.33. The highest BCUT2D eigenvalue weighted by Gasteiger charge is 2.30. The maximum absolute atomic E-state index is 12.4. The molecule has 3 aromatic rings. The van der Waals surface area contributed by atoms with E-state index in [0.717, 1.165) is 80.1 Å². The zero-order chi connectivity index (χ0) is 30.7. The number of ether oxygens (including phenoxy) is 1. The number of para-hydroxylation sites is 1. The van der Waals surface area contributed by atoms with Crippen molar-refractivity contribution in [3.05, 3.63) is 41.7 Å². The number of carbonyl (C=O) groups excluding carboxylic acids is 1. The molecule has 2 aromatic heterocycles. The van der Waals surface area contributed by atoms with E-state index in [9.17, 15) is 4.79 Å². The normalized spacial score (nSPS) is 21.3. The van der Waals surface area contributed by atoms with Gasteiger partial charge in [-0.3, -0.25) is 0 Å². The lowest BCUT2D eigenvalue weighted by Gasteiger charge is -2.38. The number of piperidine rings is 2. The van der Waals surface area contributed by atoms with E-state index in [1.54, 1.807) is 6.20 Å². The molecule has 3 aliphatic heterocycles. The predicted octanol–water partition coefficient (Wildman–Crippen LogP) is 6.51. The Bertz CT molecular complexity index is 1410. The number of anilines is 1. The fraction of sp³-hybridized carbons (Fsp3) is 0.618. The molecule has 10 heteroatoms. The Morgan fingerprint density at radius 2 is 1.75 bits per heavy atom. The number of rotatable bonds is 8. The molecule has 1 amide bonds. The number of nitrogens with zero attached hydrogens (tertiary/aromatic N) is 5. The molecule has 0 radical (unpaired) electrons. The number of hydrogen-bond acceptors (Lipinski definition) is 7. The Morgan fingerprint density at radius 3 is 2.52 bits per heavy atom. The minimum absolute atomic E-state index is 0.161. The molecule has 5 heterocycles. The van der Waals surface area contributed by atoms with Crippen LogP contribution in [0.4, 0.5) is 10.7 Å². The van der Waals surface area contributed by atoms with Gasteiger partial charge in [-0.25, -0.2) is 14.8 Å². The molecule has 9 nitrogen and oxygen atoms in total. The molecular weight excluding hydrogens is 574 g/mol. The molecule has 3 saturated heterocycles. The predicted molar refractivity (Wildman–Crippen MR) is 177 cm³/mol. The van der Waals surface area contributed by atoms with Gasteiger partial charge in [-0.15, -0.1) is 0 Å². The number of amides is 1. The molecule has 1 unspecified atom stereocenters. The second-order valence-corrected chi connectivity index (χ2v) is 14.4. The van der Waals surface area contributed by atoms with Crippen LogP contribution in [0.15, 0.2) is 36.7 Å². The van der Waals surface area contributed by atoms with E-state index >= 15 is 0 Å². The van der Waals surface area contributed by atoms with E-state index in [4.69, 9.17) is 21.3 Å². The molecule has 6 rings (SSSR count). The molecule has 44 heavy (non-hydrogen) atoms. The Labute approximate surface area is 266 Å². The third-order valence-electron chi connectivity index (χ3n) is 9.54. The molecule has 238 valence electrons. The number of benzene rings is 1. The number of hydrogen-bond donors (Lipinski definition) is 2. The first-order chi connectivity index (χ1) is 21.2. The quantitative estimate of drug-likeness (QED) is 0.296. The van der Waals surface area contributed by atoms with E-state index in [0.29, 0.717) is 22.9 Å². The fourth-order valence-corrected chi connectivity index (χ4v) is 7.23. The minimum atomic E-state index is -0.429. The summed E-state index contributed by atoms with van der Waals surface area (Å²) >= 11 is 6.54. The highest BCUT2D eigenvalue weighted by Crippen LogP contribution is 2.33. The zero-order valence-electron chi connectivity index (χ0n) is 26.5. The summed E-state index contributed by atoms with van der Waals surface area (Å²) in [7, 11) is 0. The number of aromatic nitrogens is 3. The van der Waals surface area contributed by atoms with Crippen LogP contribution in [-0.2, 0) is 4.74 Å². The van der Waals surface area contributed by atoms with Gasteiger partial charge in [0.1, 0.15) is 5.60 Å². The molecule has 1 atom stereocenters. The van der Waals surface area contributed by atoms with Crippen LogP contribution in [0.3, 0.4) is 0 Å². The highest BCUT2D eigenvalue weighted by atomic mass is 35.5. The van der Waals surface area contributed by atoms with Crippen LogP contribution >= 0.6 is 11.6 Å². The van der Waals surface area contributed by atoms with E-state index in [-0.39, 0.29) is 6.09 Å². The molecule has 0 saturated carbocycles. The Kier molecular flexibility index (Phi) is 9.64. The molecule has 0 aliphatic carbocycles. The van der Waals surface area contributed by atoms with E-state index in [2.05, 4.69) is 37.2 Å². The third-order valence-corrected chi connectivity index (χ3v) is 9.81. The second kappa shape index (κ2) is 13.6. The lowest BCUT2D eigenvalue weighted by molar-refractivity contribution is 0.0163. The van der Waals surface area contributed by atoms with Crippen molar-refractivity contribution in [1.82, 2.24) is 29.7 Å². The summed E-state index contributed by atoms with van der Waals surface area (Å²) < 4.78 is 5.56. The summed E-state index contributed by atoms with van der Waals surface area (Å²) in [6, 6.07) is 8.55. The van der Waals surface area contributed by atoms with Crippen molar-refractivity contribution in [3.63, 3.8) is 0 Å². The number of likely N-dealkylation sites (tertiary alicyclic amines) is 3. The monoisotopic (exact) mass is 621 g/mol. The molecule has 3 aliphatic rings. The average Bonchev–Trinajstić information content (AvgIpc) is 3.64. The van der Waals surface area contributed by atoms with E-state index in [1.165, 1.54) is 38.9 Å². The van der Waals surface area contributed by atoms with Gasteiger partial charge >= 0.3 is 6.09 Å². The van der Waals surface area contributed by atoms with Gasteiger partial charge in [-0.2, -0.15) is 0 Å². The Morgan fingerprint density at radius 1 is 1.02 bits per heavy atom. The van der Waals surface area contributed by atoms with E-state index < -0.39 is 5.60 Å². The molecular formula is C34H48ClN7O2. The second-order valence-electron chi connectivity index (χ2n) is 14.0. The van der Waals surface area contributed by atoms with Crippen LogP contribution in [-0.4, -0.2) is 99.7 Å². The zero-order valence-corrected chi connectivity index (χ0v) is 27.3. The van der Waals surface area contributed by atoms with Gasteiger partial charge in [0.05, 0.1) is 16.9 Å². The number of aromatic amines is 1. The van der Waals surface area contributed by atoms with E-state index in [1.807, 2.05) is 44.0 Å². The summed E-state index contributed by atoms with van der Waals surface area (Å²) in [4.78, 5) is 32.2. The summed E-state index contributed by atoms with van der Waals surface area (Å²) in [5.74, 6) is 2.14. The van der Waals surface area contributed by atoms with Crippen molar-refractivity contribution in [2.75, 3.05) is 57.7 Å². The number of carbonyl (C=O) groups is 1. The molecule has 2 N–H and O–H groups in total. The van der Waals surface area contributed by atoms with Crippen LogP contribution < -0.4 is 5.32 Å². The maximum atomic E-state index is 12.4. The number of H-pyrrole nitrogens is 1. The lowest BCUT2D eigenvalue weighted by atomic mass is 9.91. The Balaban J connectivity index is 0.900. The molecule has 0 bridgehead atoms. The van der Waals surface area contributed by atoms with Gasteiger partial charge in [-0.05, 0) is 96.8 Å². The Hall–Kier alpha value is -2.88. The smallest absolute Gasteiger partial charge is 0.410 e. The fourth-order valence-electron chi connectivity index (χ4n) is 7.04. The summed E-state index contributed by atoms with van der Waals surface area (Å²) in [6.07, 6.45) is 10.6. The largest absolute Gasteiger partial charge is 0.444 e. The first kappa shape index (κ1) is 31.1. The van der Waals surface area contributed by atoms with Gasteiger partial charge < -0.3 is 29.7 Å². The van der Waals surface area contributed by atoms with Crippen molar-refractivity contribution in [2.45, 2.75) is 70.9 Å². The van der Waals surface area contributed by atoms with Gasteiger partial charge in [-0.1, -0.05) is 29.8 Å². The molecule has 0 spiro atoms. The topological polar surface area (TPSA) is 89.6 Å². The van der Waals surface area contributed by atoms with Crippen LogP contribution in [0.25, 0.3) is 22.2 Å². The van der Waals surface area contributed by atoms with Gasteiger partial charge in [0.2, 0.25) is 5.95 Å². The molecule has 3 fully saturated rings. The van der Waals surface area contributed by atoms with Gasteiger partial charge in [0.15, 0.2) is 0 Å². The third kappa shape index (κ3) is 7.85. The minimum Gasteiger partial charge on any atom is -0.444 e. The first-order valence-electron chi connectivity index (χ1n) is 16.5. The van der Waals surface area contributed by atoms with Crippen LogP contribution in [0, 0.1) is 11.8 Å². The van der Waals surface area contributed by atoms with Gasteiger partial charge in [0.25, 0.3) is 0 Å². The van der Waals surface area contributed by atoms with Crippen LogP contribution in [0.1, 0.15) is 59.3 Å². The number of fused-ring (bicyclic) bond motifs is 1. The van der Waals surface area contributed by atoms with Crippen LogP contribution in [0.5, 0.6) is 0 Å². The van der Waals surface area contributed by atoms with Crippen LogP contribution in [0.2, 0.25) is 5.02 Å². The van der Waals surface area contributed by atoms with Crippen molar-refractivity contribution in [1.29, 1.82) is 0 Å². The number of halogens is 1. The summed E-state index contributed by atoms with van der Waals surface area (Å²) in [5.41, 5.74) is 2.40. The maximum Gasteiger partial charge on any atom is 0.410 e. The van der Waals surface area contributed by atoms with Gasteiger partial charge in [0, 0.05) is 61.4 Å². The summed E-state index contributed by atoms with van der Waals surface area (Å²) in [5, 5.41) is 5.25.